The van der Waals surface area contributed by atoms with Gasteiger partial charge in [-0.25, -0.2) is 9.59 Å². The molecule has 0 aliphatic heterocycles. The zero-order valence-electron chi connectivity index (χ0n) is 15.6. The van der Waals surface area contributed by atoms with Crippen LogP contribution in [-0.2, 0) is 9.47 Å². The number of carbonyl (C=O) groups is 2. The number of alkyl halides is 3. The highest BCUT2D eigenvalue weighted by Crippen LogP contribution is 2.16. The van der Waals surface area contributed by atoms with Gasteiger partial charge in [-0.2, -0.15) is 13.2 Å². The molecule has 1 aromatic rings. The van der Waals surface area contributed by atoms with Gasteiger partial charge in [0.1, 0.15) is 0 Å². The second kappa shape index (κ2) is 12.4. The molecule has 0 fully saturated rings. The summed E-state index contributed by atoms with van der Waals surface area (Å²) in [5, 5.41) is 0. The molecule has 7 heteroatoms. The van der Waals surface area contributed by atoms with Crippen LogP contribution in [0.4, 0.5) is 13.2 Å². The average Bonchev–Trinajstić information content (AvgIpc) is 2.64. The zero-order valence-corrected chi connectivity index (χ0v) is 15.6. The first-order valence-electron chi connectivity index (χ1n) is 9.34. The number of benzene rings is 1. The molecule has 27 heavy (non-hydrogen) atoms. The van der Waals surface area contributed by atoms with Crippen molar-refractivity contribution in [1.29, 1.82) is 0 Å². The maximum atomic E-state index is 12.0. The first kappa shape index (κ1) is 23.0. The molecule has 0 saturated heterocycles. The number of carbonyl (C=O) groups excluding carboxylic acids is 2. The largest absolute Gasteiger partial charge is 0.462 e. The van der Waals surface area contributed by atoms with Gasteiger partial charge in [0.05, 0.1) is 17.7 Å². The zero-order chi connectivity index (χ0) is 20.1. The molecule has 1 rings (SSSR count). The summed E-state index contributed by atoms with van der Waals surface area (Å²) in [6.07, 6.45) is 4.55. The number of esters is 2. The van der Waals surface area contributed by atoms with Crippen LogP contribution in [0, 0.1) is 0 Å². The summed E-state index contributed by atoms with van der Waals surface area (Å²) in [4.78, 5) is 23.4. The molecule has 0 saturated carbocycles. The Morgan fingerprint density at radius 2 is 1.22 bits per heavy atom. The van der Waals surface area contributed by atoms with Gasteiger partial charge >= 0.3 is 18.1 Å². The van der Waals surface area contributed by atoms with E-state index in [-0.39, 0.29) is 11.1 Å². The quantitative estimate of drug-likeness (QED) is 0.340. The van der Waals surface area contributed by atoms with E-state index in [0.717, 1.165) is 19.3 Å². The van der Waals surface area contributed by atoms with Gasteiger partial charge in [0.2, 0.25) is 0 Å². The highest BCUT2D eigenvalue weighted by Gasteiger charge is 2.29. The van der Waals surface area contributed by atoms with Crippen molar-refractivity contribution in [2.24, 2.45) is 0 Å². The van der Waals surface area contributed by atoms with Crippen molar-refractivity contribution in [3.8, 4) is 0 Å². The van der Waals surface area contributed by atoms with Gasteiger partial charge in [-0.05, 0) is 30.7 Å². The Bertz CT molecular complexity index is 568. The van der Waals surface area contributed by atoms with Crippen LogP contribution in [0.1, 0.15) is 79.0 Å². The molecule has 0 unspecified atom stereocenters. The summed E-state index contributed by atoms with van der Waals surface area (Å²) < 4.78 is 45.4. The van der Waals surface area contributed by atoms with Crippen LogP contribution in [0.25, 0.3) is 0 Å². The fraction of sp³-hybridized carbons (Fsp3) is 0.600. The number of halogens is 3. The van der Waals surface area contributed by atoms with E-state index in [1.807, 2.05) is 0 Å². The fourth-order valence-electron chi connectivity index (χ4n) is 2.46. The van der Waals surface area contributed by atoms with Gasteiger partial charge < -0.3 is 9.47 Å². The van der Waals surface area contributed by atoms with Crippen molar-refractivity contribution in [2.45, 2.75) is 64.5 Å². The lowest BCUT2D eigenvalue weighted by molar-refractivity contribution is -0.161. The molecule has 0 aliphatic carbocycles. The Balaban J connectivity index is 2.25. The highest BCUT2D eigenvalue weighted by molar-refractivity contribution is 5.93. The Morgan fingerprint density at radius 3 is 1.70 bits per heavy atom. The molecule has 0 atom stereocenters. The summed E-state index contributed by atoms with van der Waals surface area (Å²) in [5.74, 6) is -1.61. The molecule has 0 radical (unpaired) electrons. The molecule has 0 heterocycles. The minimum atomic E-state index is -4.57. The first-order chi connectivity index (χ1) is 12.8. The Morgan fingerprint density at radius 1 is 0.778 bits per heavy atom. The van der Waals surface area contributed by atoms with Gasteiger partial charge in [0, 0.05) is 0 Å². The number of hydrogen-bond acceptors (Lipinski definition) is 4. The number of rotatable bonds is 12. The van der Waals surface area contributed by atoms with Crippen LogP contribution in [-0.4, -0.2) is 31.3 Å². The number of hydrogen-bond donors (Lipinski definition) is 0. The Labute approximate surface area is 158 Å². The summed E-state index contributed by atoms with van der Waals surface area (Å²) in [5.41, 5.74) is 0.181. The maximum absolute atomic E-state index is 12.0. The van der Waals surface area contributed by atoms with E-state index in [1.54, 1.807) is 0 Å². The molecule has 4 nitrogen and oxygen atoms in total. The van der Waals surface area contributed by atoms with Gasteiger partial charge in [-0.3, -0.25) is 0 Å². The summed E-state index contributed by atoms with van der Waals surface area (Å²) in [6, 6.07) is 5.15. The molecular weight excluding hydrogens is 361 g/mol. The molecule has 0 N–H and O–H groups in total. The van der Waals surface area contributed by atoms with Crippen LogP contribution < -0.4 is 0 Å². The van der Waals surface area contributed by atoms with E-state index in [2.05, 4.69) is 11.7 Å². The Kier molecular flexibility index (Phi) is 10.5. The van der Waals surface area contributed by atoms with Crippen molar-refractivity contribution in [2.75, 3.05) is 13.2 Å². The van der Waals surface area contributed by atoms with Crippen molar-refractivity contribution in [1.82, 2.24) is 0 Å². The predicted molar refractivity (Wildman–Crippen MR) is 95.7 cm³/mol. The molecule has 1 aromatic carbocycles. The minimum Gasteiger partial charge on any atom is -0.462 e. The van der Waals surface area contributed by atoms with Crippen LogP contribution in [0.3, 0.4) is 0 Å². The van der Waals surface area contributed by atoms with Crippen molar-refractivity contribution in [3.63, 3.8) is 0 Å². The third-order valence-electron chi connectivity index (χ3n) is 3.95. The summed E-state index contributed by atoms with van der Waals surface area (Å²) >= 11 is 0. The van der Waals surface area contributed by atoms with Crippen LogP contribution in [0.5, 0.6) is 0 Å². The van der Waals surface area contributed by atoms with E-state index in [0.29, 0.717) is 6.61 Å². The third-order valence-corrected chi connectivity index (χ3v) is 3.95. The van der Waals surface area contributed by atoms with Crippen LogP contribution in [0.15, 0.2) is 24.3 Å². The van der Waals surface area contributed by atoms with Crippen molar-refractivity contribution < 1.29 is 32.2 Å². The second-order valence-electron chi connectivity index (χ2n) is 6.38. The molecule has 0 spiro atoms. The average molecular weight is 388 g/mol. The highest BCUT2D eigenvalue weighted by atomic mass is 19.4. The molecular formula is C20H27F3O4. The molecule has 0 aromatic heterocycles. The van der Waals surface area contributed by atoms with Gasteiger partial charge in [0.25, 0.3) is 0 Å². The van der Waals surface area contributed by atoms with E-state index in [1.165, 1.54) is 56.4 Å². The molecule has 152 valence electrons. The lowest BCUT2D eigenvalue weighted by Gasteiger charge is -2.08. The van der Waals surface area contributed by atoms with Gasteiger partial charge in [-0.1, -0.05) is 51.9 Å². The number of ether oxygens (including phenoxy) is 2. The van der Waals surface area contributed by atoms with E-state index in [4.69, 9.17) is 4.74 Å². The topological polar surface area (TPSA) is 52.6 Å². The lowest BCUT2D eigenvalue weighted by Crippen LogP contribution is -2.20. The van der Waals surface area contributed by atoms with Crippen LogP contribution in [0.2, 0.25) is 0 Å². The van der Waals surface area contributed by atoms with Crippen molar-refractivity contribution in [3.05, 3.63) is 35.4 Å². The smallest absolute Gasteiger partial charge is 0.422 e. The maximum Gasteiger partial charge on any atom is 0.422 e. The van der Waals surface area contributed by atoms with E-state index in [9.17, 15) is 22.8 Å². The fourth-order valence-corrected chi connectivity index (χ4v) is 2.46. The summed E-state index contributed by atoms with van der Waals surface area (Å²) in [6.45, 7) is 0.860. The summed E-state index contributed by atoms with van der Waals surface area (Å²) in [7, 11) is 0. The van der Waals surface area contributed by atoms with E-state index < -0.39 is 24.7 Å². The third kappa shape index (κ3) is 10.6. The van der Waals surface area contributed by atoms with Crippen LogP contribution >= 0.6 is 0 Å². The normalized spacial score (nSPS) is 11.3. The number of unbranched alkanes of at least 4 members (excludes halogenated alkanes) is 7. The first-order valence-corrected chi connectivity index (χ1v) is 9.34. The van der Waals surface area contributed by atoms with Gasteiger partial charge in [0.15, 0.2) is 6.61 Å². The monoisotopic (exact) mass is 388 g/mol. The molecule has 0 amide bonds. The lowest BCUT2D eigenvalue weighted by atomic mass is 10.1. The molecule has 0 bridgehead atoms. The van der Waals surface area contributed by atoms with E-state index >= 15 is 0 Å². The minimum absolute atomic E-state index is 0.0566. The molecule has 0 aliphatic rings. The Hall–Kier alpha value is -2.05. The SMILES string of the molecule is CCCCCCCCCCOC(=O)c1ccc(C(=O)OCC(F)(F)F)cc1. The second-order valence-corrected chi connectivity index (χ2v) is 6.38. The standard InChI is InChI=1S/C20H27F3O4/c1-2-3-4-5-6-7-8-9-14-26-18(24)16-10-12-17(13-11-16)19(25)27-15-20(21,22)23/h10-13H,2-9,14-15H2,1H3. The van der Waals surface area contributed by atoms with Crippen molar-refractivity contribution >= 4 is 11.9 Å². The van der Waals surface area contributed by atoms with Gasteiger partial charge in [-0.15, -0.1) is 0 Å². The predicted octanol–water partition coefficient (Wildman–Crippen LogP) is 5.70.